The van der Waals surface area contributed by atoms with E-state index in [9.17, 15) is 0 Å². The fourth-order valence-corrected chi connectivity index (χ4v) is 4.29. The number of methoxy groups -OCH3 is 1. The maximum Gasteiger partial charge on any atom is 0.152 e. The number of aryl methyl sites for hydroxylation is 1. The van der Waals surface area contributed by atoms with Crippen LogP contribution < -0.4 is 11.1 Å². The summed E-state index contributed by atoms with van der Waals surface area (Å²) in [7, 11) is 1.72. The molecule has 4 rings (SSSR count). The molecule has 0 amide bonds. The maximum atomic E-state index is 6.23. The zero-order chi connectivity index (χ0) is 20.6. The predicted molar refractivity (Wildman–Crippen MR) is 125 cm³/mol. The van der Waals surface area contributed by atoms with Crippen molar-refractivity contribution in [1.82, 2.24) is 19.9 Å². The average molecular weight is 416 g/mol. The zero-order valence-corrected chi connectivity index (χ0v) is 18.6. The van der Waals surface area contributed by atoms with Crippen LogP contribution in [0.2, 0.25) is 0 Å². The number of nitrogens with one attached hydrogen (secondary N) is 1. The molecule has 3 aromatic rings. The van der Waals surface area contributed by atoms with Gasteiger partial charge in [0, 0.05) is 43.0 Å². The van der Waals surface area contributed by atoms with Crippen LogP contribution in [0.15, 0.2) is 24.3 Å². The molecule has 1 aromatic carbocycles. The van der Waals surface area contributed by atoms with Crippen molar-refractivity contribution in [3.63, 3.8) is 0 Å². The third-order valence-corrected chi connectivity index (χ3v) is 6.37. The molecule has 0 spiro atoms. The van der Waals surface area contributed by atoms with E-state index in [0.717, 1.165) is 66.2 Å². The number of benzene rings is 1. The van der Waals surface area contributed by atoms with Crippen molar-refractivity contribution in [2.24, 2.45) is 0 Å². The molecule has 7 heteroatoms. The first-order chi connectivity index (χ1) is 14.3. The zero-order valence-electron chi connectivity index (χ0n) is 17.8. The summed E-state index contributed by atoms with van der Waals surface area (Å²) in [5.41, 5.74) is 9.07. The van der Waals surface area contributed by atoms with Crippen molar-refractivity contribution in [3.8, 4) is 0 Å². The van der Waals surface area contributed by atoms with Gasteiger partial charge in [-0.15, -0.1) is 0 Å². The maximum absolute atomic E-state index is 6.23. The lowest BCUT2D eigenvalue weighted by Gasteiger charge is -2.26. The molecule has 6 nitrogen and oxygen atoms in total. The number of nitrogens with two attached hydrogens (primary N) is 1. The minimum absolute atomic E-state index is 0.505. The van der Waals surface area contributed by atoms with Crippen molar-refractivity contribution >= 4 is 39.5 Å². The summed E-state index contributed by atoms with van der Waals surface area (Å²) in [5.74, 6) is 4.04. The second-order valence-corrected chi connectivity index (χ2v) is 8.10. The van der Waals surface area contributed by atoms with Crippen LogP contribution in [0.5, 0.6) is 0 Å². The van der Waals surface area contributed by atoms with E-state index in [2.05, 4.69) is 20.9 Å². The Balaban J connectivity index is 0.00000117. The van der Waals surface area contributed by atoms with Gasteiger partial charge in [0.15, 0.2) is 5.82 Å². The van der Waals surface area contributed by atoms with Gasteiger partial charge in [0.05, 0.1) is 17.6 Å². The van der Waals surface area contributed by atoms with E-state index in [1.54, 1.807) is 7.11 Å². The molecule has 3 N–H and O–H groups in total. The molecule has 3 heterocycles. The van der Waals surface area contributed by atoms with E-state index >= 15 is 0 Å². The van der Waals surface area contributed by atoms with Gasteiger partial charge in [-0.3, -0.25) is 0 Å². The average Bonchev–Trinajstić information content (AvgIpc) is 3.08. The van der Waals surface area contributed by atoms with E-state index in [4.69, 9.17) is 15.5 Å². The van der Waals surface area contributed by atoms with Gasteiger partial charge >= 0.3 is 0 Å². The predicted octanol–water partition coefficient (Wildman–Crippen LogP) is 3.87. The highest BCUT2D eigenvalue weighted by atomic mass is 32.2. The van der Waals surface area contributed by atoms with E-state index in [-0.39, 0.29) is 0 Å². The molecule has 0 aliphatic carbocycles. The Hall–Kier alpha value is -1.83. The molecular formula is C22H33N5OS. The largest absolute Gasteiger partial charge is 0.384 e. The molecule has 1 fully saturated rings. The number of hydrogen-bond donors (Lipinski definition) is 2. The van der Waals surface area contributed by atoms with Crippen molar-refractivity contribution in [3.05, 3.63) is 30.1 Å². The van der Waals surface area contributed by atoms with Crippen LogP contribution in [0, 0.1) is 0 Å². The van der Waals surface area contributed by atoms with Crippen LogP contribution in [0.4, 0.5) is 5.82 Å². The smallest absolute Gasteiger partial charge is 0.152 e. The number of aromatic nitrogens is 3. The number of rotatable bonds is 9. The molecule has 1 saturated heterocycles. The molecule has 0 bridgehead atoms. The Morgan fingerprint density at radius 2 is 2.00 bits per heavy atom. The van der Waals surface area contributed by atoms with Crippen molar-refractivity contribution in [1.29, 1.82) is 0 Å². The Morgan fingerprint density at radius 1 is 1.21 bits per heavy atom. The number of ether oxygens (including phenoxy) is 1. The molecule has 29 heavy (non-hydrogen) atoms. The molecule has 158 valence electrons. The monoisotopic (exact) mass is 415 g/mol. The highest BCUT2D eigenvalue weighted by Gasteiger charge is 2.18. The normalized spacial score (nSPS) is 14.0. The van der Waals surface area contributed by atoms with Crippen LogP contribution >= 0.6 is 11.8 Å². The number of anilines is 1. The first-order valence-electron chi connectivity index (χ1n) is 10.6. The standard InChI is InChI=1S/C20H27N5OS.C2H6/c1-26-11-8-17-24-18-19(15-6-2-3-7-16(15)23-20(18)21)25(17)10-5-4-9-22-14-12-27-13-14;1-2/h2-3,6-7,14,22H,4-5,8-13H2,1H3,(H2,21,23);1-2H3. The van der Waals surface area contributed by atoms with E-state index in [0.29, 0.717) is 12.4 Å². The number of nitrogens with zero attached hydrogens (tertiary/aromatic N) is 3. The molecule has 1 aliphatic heterocycles. The van der Waals surface area contributed by atoms with Crippen LogP contribution in [-0.4, -0.2) is 52.3 Å². The number of thioether (sulfide) groups is 1. The Bertz CT molecular complexity index is 922. The summed E-state index contributed by atoms with van der Waals surface area (Å²) < 4.78 is 7.62. The first-order valence-corrected chi connectivity index (χ1v) is 11.8. The molecule has 0 unspecified atom stereocenters. The highest BCUT2D eigenvalue weighted by Crippen LogP contribution is 2.29. The second-order valence-electron chi connectivity index (χ2n) is 7.03. The Morgan fingerprint density at radius 3 is 2.72 bits per heavy atom. The van der Waals surface area contributed by atoms with Crippen LogP contribution in [0.25, 0.3) is 21.9 Å². The summed E-state index contributed by atoms with van der Waals surface area (Å²) in [6.45, 7) is 6.66. The molecular weight excluding hydrogens is 382 g/mol. The van der Waals surface area contributed by atoms with Crippen LogP contribution in [-0.2, 0) is 17.7 Å². The summed E-state index contributed by atoms with van der Waals surface area (Å²) in [4.78, 5) is 9.37. The molecule has 1 aliphatic rings. The Kier molecular flexibility index (Phi) is 8.15. The van der Waals surface area contributed by atoms with Gasteiger partial charge in [0.25, 0.3) is 0 Å². The van der Waals surface area contributed by atoms with Crippen LogP contribution in [0.1, 0.15) is 32.5 Å². The lowest BCUT2D eigenvalue weighted by molar-refractivity contribution is 0.199. The number of para-hydroxylation sites is 1. The molecule has 0 saturated carbocycles. The topological polar surface area (TPSA) is 78.0 Å². The summed E-state index contributed by atoms with van der Waals surface area (Å²) >= 11 is 2.02. The van der Waals surface area contributed by atoms with Crippen molar-refractivity contribution < 1.29 is 4.74 Å². The van der Waals surface area contributed by atoms with Gasteiger partial charge in [-0.2, -0.15) is 11.8 Å². The van der Waals surface area contributed by atoms with E-state index in [1.807, 2.05) is 43.8 Å². The highest BCUT2D eigenvalue weighted by molar-refractivity contribution is 8.00. The second kappa shape index (κ2) is 10.8. The lowest BCUT2D eigenvalue weighted by atomic mass is 10.2. The third-order valence-electron chi connectivity index (χ3n) is 5.10. The first kappa shape index (κ1) is 21.9. The Labute approximate surface area is 177 Å². The van der Waals surface area contributed by atoms with Gasteiger partial charge in [-0.1, -0.05) is 32.0 Å². The lowest BCUT2D eigenvalue weighted by Crippen LogP contribution is -2.40. The molecule has 0 radical (unpaired) electrons. The summed E-state index contributed by atoms with van der Waals surface area (Å²) in [6, 6.07) is 8.89. The van der Waals surface area contributed by atoms with Crippen LogP contribution in [0.3, 0.4) is 0 Å². The van der Waals surface area contributed by atoms with Crippen molar-refractivity contribution in [2.75, 3.05) is 37.5 Å². The number of unbranched alkanes of at least 4 members (excludes halogenated alkanes) is 1. The van der Waals surface area contributed by atoms with Gasteiger partial charge in [0.1, 0.15) is 11.3 Å². The number of imidazole rings is 1. The molecule has 2 aromatic heterocycles. The minimum Gasteiger partial charge on any atom is -0.384 e. The quantitative estimate of drug-likeness (QED) is 0.517. The van der Waals surface area contributed by atoms with Crippen molar-refractivity contribution in [2.45, 2.75) is 45.7 Å². The number of fused-ring (bicyclic) bond motifs is 3. The fourth-order valence-electron chi connectivity index (χ4n) is 3.58. The number of hydrogen-bond acceptors (Lipinski definition) is 6. The SMILES string of the molecule is CC.COCCc1nc2c(N)nc3ccccc3c2n1CCCCNC1CSC1. The minimum atomic E-state index is 0.505. The third kappa shape index (κ3) is 5.02. The summed E-state index contributed by atoms with van der Waals surface area (Å²) in [6.07, 6.45) is 3.04. The van der Waals surface area contributed by atoms with Gasteiger partial charge in [-0.05, 0) is 25.5 Å². The van der Waals surface area contributed by atoms with E-state index < -0.39 is 0 Å². The number of pyridine rings is 1. The number of nitrogen functional groups attached to an aromatic ring is 1. The van der Waals surface area contributed by atoms with Gasteiger partial charge in [0.2, 0.25) is 0 Å². The van der Waals surface area contributed by atoms with Gasteiger partial charge < -0.3 is 20.4 Å². The summed E-state index contributed by atoms with van der Waals surface area (Å²) in [5, 5.41) is 4.74. The van der Waals surface area contributed by atoms with E-state index in [1.165, 1.54) is 11.5 Å². The van der Waals surface area contributed by atoms with Gasteiger partial charge in [-0.25, -0.2) is 9.97 Å². The molecule has 0 atom stereocenters. The fraction of sp³-hybridized carbons (Fsp3) is 0.545.